The minimum absolute atomic E-state index is 0.00720. The highest BCUT2D eigenvalue weighted by molar-refractivity contribution is 7.07. The summed E-state index contributed by atoms with van der Waals surface area (Å²) in [4.78, 5) is 14.7. The van der Waals surface area contributed by atoms with Crippen LogP contribution >= 0.6 is 11.3 Å². The number of carbonyl (C=O) groups is 1. The number of hydrogen-bond donors (Lipinski definition) is 1. The molecule has 0 aromatic carbocycles. The first kappa shape index (κ1) is 13.1. The number of carbonyl (C=O) groups excluding carboxylic acids is 1. The van der Waals surface area contributed by atoms with Gasteiger partial charge < -0.3 is 4.90 Å². The molecule has 1 saturated carbocycles. The smallest absolute Gasteiger partial charge is 0.241 e. The molecule has 104 valence electrons. The molecule has 1 aromatic heterocycles. The van der Waals surface area contributed by atoms with Crippen molar-refractivity contribution in [2.24, 2.45) is 5.92 Å². The van der Waals surface area contributed by atoms with Crippen molar-refractivity contribution in [3.05, 3.63) is 22.4 Å². The van der Waals surface area contributed by atoms with E-state index in [4.69, 9.17) is 0 Å². The van der Waals surface area contributed by atoms with Gasteiger partial charge in [0.25, 0.3) is 0 Å². The van der Waals surface area contributed by atoms with Gasteiger partial charge in [0.1, 0.15) is 6.17 Å². The van der Waals surface area contributed by atoms with Crippen LogP contribution in [0, 0.1) is 5.92 Å². The standard InChI is InChI=1S/C15H22N2OS/c1-3-5-10-8-13(10)17-14(11-6-7-19-9-11)16-12(4-2)15(17)18/h6-7,9-10,12-14,16H,3-5,8H2,1-2H3. The molecule has 1 N–H and O–H groups in total. The Bertz CT molecular complexity index is 445. The fraction of sp³-hybridized carbons (Fsp3) is 0.667. The van der Waals surface area contributed by atoms with Gasteiger partial charge in [-0.15, -0.1) is 0 Å². The van der Waals surface area contributed by atoms with Crippen LogP contribution in [0.4, 0.5) is 0 Å². The fourth-order valence-corrected chi connectivity index (χ4v) is 3.92. The first-order chi connectivity index (χ1) is 9.26. The van der Waals surface area contributed by atoms with Crippen LogP contribution in [0.3, 0.4) is 0 Å². The summed E-state index contributed by atoms with van der Waals surface area (Å²) >= 11 is 1.70. The summed E-state index contributed by atoms with van der Waals surface area (Å²) in [5.74, 6) is 1.04. The Labute approximate surface area is 119 Å². The summed E-state index contributed by atoms with van der Waals surface area (Å²) in [7, 11) is 0. The maximum atomic E-state index is 12.5. The van der Waals surface area contributed by atoms with E-state index in [1.165, 1.54) is 24.8 Å². The average Bonchev–Trinajstić information content (AvgIpc) is 2.86. The monoisotopic (exact) mass is 278 g/mol. The lowest BCUT2D eigenvalue weighted by molar-refractivity contribution is -0.130. The van der Waals surface area contributed by atoms with Crippen molar-refractivity contribution >= 4 is 17.2 Å². The van der Waals surface area contributed by atoms with E-state index >= 15 is 0 Å². The molecule has 1 aliphatic carbocycles. The third-order valence-corrected chi connectivity index (χ3v) is 5.06. The van der Waals surface area contributed by atoms with E-state index in [0.717, 1.165) is 12.3 Å². The van der Waals surface area contributed by atoms with Crippen molar-refractivity contribution < 1.29 is 4.79 Å². The molecule has 0 spiro atoms. The SMILES string of the molecule is CCCC1CC1N1C(=O)C(CC)NC1c1ccsc1. The molecule has 1 aliphatic heterocycles. The van der Waals surface area contributed by atoms with Gasteiger partial charge >= 0.3 is 0 Å². The summed E-state index contributed by atoms with van der Waals surface area (Å²) in [5, 5.41) is 7.76. The first-order valence-electron chi connectivity index (χ1n) is 7.36. The lowest BCUT2D eigenvalue weighted by Gasteiger charge is -2.24. The number of thiophene rings is 1. The van der Waals surface area contributed by atoms with Crippen molar-refractivity contribution in [1.82, 2.24) is 10.2 Å². The van der Waals surface area contributed by atoms with Crippen molar-refractivity contribution in [1.29, 1.82) is 0 Å². The van der Waals surface area contributed by atoms with Gasteiger partial charge in [0.15, 0.2) is 0 Å². The van der Waals surface area contributed by atoms with E-state index in [0.29, 0.717) is 11.9 Å². The maximum absolute atomic E-state index is 12.5. The van der Waals surface area contributed by atoms with Crippen LogP contribution in [0.5, 0.6) is 0 Å². The zero-order valence-electron chi connectivity index (χ0n) is 11.6. The molecule has 2 heterocycles. The zero-order chi connectivity index (χ0) is 13.4. The van der Waals surface area contributed by atoms with Crippen LogP contribution in [0.25, 0.3) is 0 Å². The molecule has 4 atom stereocenters. The minimum Gasteiger partial charge on any atom is -0.318 e. The molecule has 1 amide bonds. The summed E-state index contributed by atoms with van der Waals surface area (Å²) in [6.07, 6.45) is 4.65. The Hall–Kier alpha value is -0.870. The summed E-state index contributed by atoms with van der Waals surface area (Å²) in [5.41, 5.74) is 1.25. The molecule has 0 radical (unpaired) electrons. The molecule has 2 aliphatic rings. The Kier molecular flexibility index (Phi) is 3.63. The minimum atomic E-state index is 0.00720. The maximum Gasteiger partial charge on any atom is 0.241 e. The van der Waals surface area contributed by atoms with E-state index in [-0.39, 0.29) is 12.2 Å². The van der Waals surface area contributed by atoms with Crippen molar-refractivity contribution in [3.63, 3.8) is 0 Å². The van der Waals surface area contributed by atoms with E-state index in [1.807, 2.05) is 0 Å². The van der Waals surface area contributed by atoms with Crippen LogP contribution in [-0.4, -0.2) is 22.9 Å². The van der Waals surface area contributed by atoms with Crippen molar-refractivity contribution in [2.75, 3.05) is 0 Å². The van der Waals surface area contributed by atoms with Crippen LogP contribution in [0.15, 0.2) is 16.8 Å². The molecular formula is C15H22N2OS. The van der Waals surface area contributed by atoms with E-state index in [2.05, 4.69) is 40.9 Å². The molecule has 4 heteroatoms. The van der Waals surface area contributed by atoms with Crippen LogP contribution in [0.2, 0.25) is 0 Å². The lowest BCUT2D eigenvalue weighted by atomic mass is 10.2. The van der Waals surface area contributed by atoms with Gasteiger partial charge in [-0.3, -0.25) is 10.1 Å². The quantitative estimate of drug-likeness (QED) is 0.897. The predicted octanol–water partition coefficient (Wildman–Crippen LogP) is 3.15. The Balaban J connectivity index is 1.80. The second-order valence-electron chi connectivity index (χ2n) is 5.68. The summed E-state index contributed by atoms with van der Waals surface area (Å²) < 4.78 is 0. The van der Waals surface area contributed by atoms with E-state index in [9.17, 15) is 4.79 Å². The molecule has 3 nitrogen and oxygen atoms in total. The van der Waals surface area contributed by atoms with Crippen LogP contribution in [-0.2, 0) is 4.79 Å². The van der Waals surface area contributed by atoms with E-state index < -0.39 is 0 Å². The third-order valence-electron chi connectivity index (χ3n) is 4.36. The molecule has 4 unspecified atom stereocenters. The van der Waals surface area contributed by atoms with Gasteiger partial charge in [0.2, 0.25) is 5.91 Å². The molecule has 0 bridgehead atoms. The van der Waals surface area contributed by atoms with Gasteiger partial charge in [-0.1, -0.05) is 20.3 Å². The fourth-order valence-electron chi connectivity index (χ4n) is 3.24. The number of nitrogens with one attached hydrogen (secondary N) is 1. The van der Waals surface area contributed by atoms with Crippen LogP contribution in [0.1, 0.15) is 51.3 Å². The summed E-state index contributed by atoms with van der Waals surface area (Å²) in [6, 6.07) is 2.62. The number of nitrogens with zero attached hydrogens (tertiary/aromatic N) is 1. The first-order valence-corrected chi connectivity index (χ1v) is 8.30. The molecule has 2 fully saturated rings. The van der Waals surface area contributed by atoms with Gasteiger partial charge in [-0.05, 0) is 47.6 Å². The average molecular weight is 278 g/mol. The largest absolute Gasteiger partial charge is 0.318 e. The van der Waals surface area contributed by atoms with Crippen molar-refractivity contribution in [2.45, 2.75) is 57.8 Å². The molecule has 19 heavy (non-hydrogen) atoms. The molecule has 3 rings (SSSR count). The van der Waals surface area contributed by atoms with Gasteiger partial charge in [-0.2, -0.15) is 11.3 Å². The Morgan fingerprint density at radius 3 is 2.95 bits per heavy atom. The highest BCUT2D eigenvalue weighted by Gasteiger charge is 2.51. The number of hydrogen-bond acceptors (Lipinski definition) is 3. The van der Waals surface area contributed by atoms with Gasteiger partial charge in [0, 0.05) is 6.04 Å². The third kappa shape index (κ3) is 2.32. The Morgan fingerprint density at radius 1 is 1.47 bits per heavy atom. The topological polar surface area (TPSA) is 32.3 Å². The van der Waals surface area contributed by atoms with Crippen molar-refractivity contribution in [3.8, 4) is 0 Å². The lowest BCUT2D eigenvalue weighted by Crippen LogP contribution is -2.33. The second-order valence-corrected chi connectivity index (χ2v) is 6.46. The molecule has 1 saturated heterocycles. The van der Waals surface area contributed by atoms with Gasteiger partial charge in [0.05, 0.1) is 6.04 Å². The highest BCUT2D eigenvalue weighted by atomic mass is 32.1. The second kappa shape index (κ2) is 5.25. The van der Waals surface area contributed by atoms with Crippen LogP contribution < -0.4 is 5.32 Å². The number of rotatable bonds is 5. The number of amides is 1. The Morgan fingerprint density at radius 2 is 2.32 bits per heavy atom. The normalized spacial score (nSPS) is 34.0. The highest BCUT2D eigenvalue weighted by Crippen LogP contribution is 2.45. The molecular weight excluding hydrogens is 256 g/mol. The van der Waals surface area contributed by atoms with E-state index in [1.54, 1.807) is 11.3 Å². The summed E-state index contributed by atoms with van der Waals surface area (Å²) in [6.45, 7) is 4.31. The van der Waals surface area contributed by atoms with Gasteiger partial charge in [-0.25, -0.2) is 0 Å². The molecule has 1 aromatic rings. The predicted molar refractivity (Wildman–Crippen MR) is 77.9 cm³/mol. The zero-order valence-corrected chi connectivity index (χ0v) is 12.5.